The summed E-state index contributed by atoms with van der Waals surface area (Å²) in [7, 11) is 0. The maximum Gasteiger partial charge on any atom is 0.410 e. The second-order valence-electron chi connectivity index (χ2n) is 10.2. The molecule has 9 heteroatoms. The van der Waals surface area contributed by atoms with E-state index in [2.05, 4.69) is 5.32 Å². The highest BCUT2D eigenvalue weighted by molar-refractivity contribution is 6.05. The number of nitrogens with two attached hydrogens (primary N) is 1. The first-order valence-corrected chi connectivity index (χ1v) is 12.4. The van der Waals surface area contributed by atoms with E-state index in [4.69, 9.17) is 10.5 Å². The number of hydrogen-bond acceptors (Lipinski definition) is 6. The second-order valence-corrected chi connectivity index (χ2v) is 10.2. The Balaban J connectivity index is 1.41. The van der Waals surface area contributed by atoms with E-state index in [-0.39, 0.29) is 29.2 Å². The van der Waals surface area contributed by atoms with Gasteiger partial charge in [0.1, 0.15) is 11.4 Å². The highest BCUT2D eigenvalue weighted by Crippen LogP contribution is 2.27. The van der Waals surface area contributed by atoms with Crippen molar-refractivity contribution in [2.45, 2.75) is 26.4 Å². The van der Waals surface area contributed by atoms with Gasteiger partial charge in [-0.2, -0.15) is 0 Å². The Hall–Kier alpha value is -4.53. The van der Waals surface area contributed by atoms with E-state index in [0.29, 0.717) is 48.7 Å². The number of phenols is 1. The average molecular weight is 517 g/mol. The van der Waals surface area contributed by atoms with Gasteiger partial charge in [-0.3, -0.25) is 9.59 Å². The lowest BCUT2D eigenvalue weighted by atomic mass is 10.0. The van der Waals surface area contributed by atoms with Gasteiger partial charge in [0.25, 0.3) is 11.8 Å². The third-order valence-electron chi connectivity index (χ3n) is 6.01. The van der Waals surface area contributed by atoms with Crippen molar-refractivity contribution in [3.63, 3.8) is 0 Å². The first-order chi connectivity index (χ1) is 18.0. The van der Waals surface area contributed by atoms with Gasteiger partial charge in [-0.1, -0.05) is 18.2 Å². The molecule has 1 fully saturated rings. The molecule has 0 spiro atoms. The van der Waals surface area contributed by atoms with Gasteiger partial charge in [0.15, 0.2) is 0 Å². The molecule has 1 aliphatic heterocycles. The molecule has 0 unspecified atom stereocenters. The number of carbonyl (C=O) groups excluding carboxylic acids is 3. The van der Waals surface area contributed by atoms with E-state index in [9.17, 15) is 19.5 Å². The van der Waals surface area contributed by atoms with Gasteiger partial charge in [-0.15, -0.1) is 0 Å². The van der Waals surface area contributed by atoms with Crippen LogP contribution in [0.1, 0.15) is 41.5 Å². The summed E-state index contributed by atoms with van der Waals surface area (Å²) in [5.74, 6) is -0.563. The Labute approximate surface area is 221 Å². The number of nitrogen functional groups attached to an aromatic ring is 1. The minimum absolute atomic E-state index is 0.0526. The van der Waals surface area contributed by atoms with Gasteiger partial charge in [0.2, 0.25) is 0 Å². The Morgan fingerprint density at radius 3 is 2.13 bits per heavy atom. The Bertz CT molecular complexity index is 1340. The molecule has 1 saturated heterocycles. The standard InChI is InChI=1S/C29H32N4O5/c1-29(2,3)38-28(37)33-13-11-32(12-14-33)27(36)20-9-7-19(8-10-20)21-15-22(17-25(34)16-21)26(35)31-24-6-4-5-23(30)18-24/h4-10,15-18,34H,11-14,30H2,1-3H3,(H,31,35). The van der Waals surface area contributed by atoms with Crippen molar-refractivity contribution >= 4 is 29.3 Å². The van der Waals surface area contributed by atoms with Gasteiger partial charge in [0, 0.05) is 48.7 Å². The highest BCUT2D eigenvalue weighted by atomic mass is 16.6. The SMILES string of the molecule is CC(C)(C)OC(=O)N1CCN(C(=O)c2ccc(-c3cc(O)cc(C(=O)Nc4cccc(N)c4)c3)cc2)CC1. The Kier molecular flexibility index (Phi) is 7.57. The summed E-state index contributed by atoms with van der Waals surface area (Å²) in [6.45, 7) is 7.10. The molecule has 0 saturated carbocycles. The summed E-state index contributed by atoms with van der Waals surface area (Å²) >= 11 is 0. The summed E-state index contributed by atoms with van der Waals surface area (Å²) < 4.78 is 5.41. The van der Waals surface area contributed by atoms with Crippen molar-refractivity contribution < 1.29 is 24.2 Å². The maximum absolute atomic E-state index is 13.0. The van der Waals surface area contributed by atoms with E-state index in [1.165, 1.54) is 6.07 Å². The molecule has 0 atom stereocenters. The number of ether oxygens (including phenoxy) is 1. The predicted molar refractivity (Wildman–Crippen MR) is 146 cm³/mol. The number of aromatic hydroxyl groups is 1. The minimum Gasteiger partial charge on any atom is -0.508 e. The van der Waals surface area contributed by atoms with E-state index in [1.807, 2.05) is 20.8 Å². The van der Waals surface area contributed by atoms with Gasteiger partial charge in [-0.05, 0) is 80.4 Å². The number of nitrogens with one attached hydrogen (secondary N) is 1. The monoisotopic (exact) mass is 516 g/mol. The van der Waals surface area contributed by atoms with E-state index in [1.54, 1.807) is 70.5 Å². The van der Waals surface area contributed by atoms with Crippen LogP contribution in [-0.4, -0.2) is 64.6 Å². The maximum atomic E-state index is 13.0. The molecule has 3 aromatic carbocycles. The van der Waals surface area contributed by atoms with Crippen LogP contribution in [0.2, 0.25) is 0 Å². The van der Waals surface area contributed by atoms with Crippen molar-refractivity contribution in [3.8, 4) is 16.9 Å². The summed E-state index contributed by atoms with van der Waals surface area (Å²) in [4.78, 5) is 41.4. The number of carbonyl (C=O) groups is 3. The number of piperazine rings is 1. The van der Waals surface area contributed by atoms with E-state index < -0.39 is 5.60 Å². The molecule has 3 amide bonds. The van der Waals surface area contributed by atoms with Gasteiger partial charge in [0.05, 0.1) is 0 Å². The molecular formula is C29H32N4O5. The molecule has 9 nitrogen and oxygen atoms in total. The lowest BCUT2D eigenvalue weighted by Gasteiger charge is -2.35. The second kappa shape index (κ2) is 10.8. The van der Waals surface area contributed by atoms with Crippen molar-refractivity contribution in [2.24, 2.45) is 0 Å². The molecule has 38 heavy (non-hydrogen) atoms. The fourth-order valence-corrected chi connectivity index (χ4v) is 4.14. The van der Waals surface area contributed by atoms with Crippen LogP contribution in [0.5, 0.6) is 5.75 Å². The molecule has 3 aromatic rings. The summed E-state index contributed by atoms with van der Waals surface area (Å²) in [5.41, 5.74) is 8.46. The third kappa shape index (κ3) is 6.61. The number of rotatable bonds is 4. The molecule has 1 aliphatic rings. The van der Waals surface area contributed by atoms with Crippen LogP contribution >= 0.6 is 0 Å². The third-order valence-corrected chi connectivity index (χ3v) is 6.01. The van der Waals surface area contributed by atoms with Crippen LogP contribution in [0.3, 0.4) is 0 Å². The highest BCUT2D eigenvalue weighted by Gasteiger charge is 2.28. The quantitative estimate of drug-likeness (QED) is 0.436. The molecule has 0 aliphatic carbocycles. The Morgan fingerprint density at radius 2 is 1.50 bits per heavy atom. The lowest BCUT2D eigenvalue weighted by molar-refractivity contribution is 0.0141. The van der Waals surface area contributed by atoms with Crippen LogP contribution in [-0.2, 0) is 4.74 Å². The zero-order valence-corrected chi connectivity index (χ0v) is 21.7. The van der Waals surface area contributed by atoms with Crippen molar-refractivity contribution in [1.82, 2.24) is 9.80 Å². The van der Waals surface area contributed by atoms with Crippen LogP contribution in [0, 0.1) is 0 Å². The molecular weight excluding hydrogens is 484 g/mol. The molecule has 0 aromatic heterocycles. The fraction of sp³-hybridized carbons (Fsp3) is 0.276. The molecule has 1 heterocycles. The zero-order chi connectivity index (χ0) is 27.4. The van der Waals surface area contributed by atoms with E-state index >= 15 is 0 Å². The molecule has 0 bridgehead atoms. The van der Waals surface area contributed by atoms with Crippen LogP contribution in [0.4, 0.5) is 16.2 Å². The first kappa shape index (κ1) is 26.5. The minimum atomic E-state index is -0.567. The number of hydrogen-bond donors (Lipinski definition) is 3. The van der Waals surface area contributed by atoms with Crippen LogP contribution in [0.25, 0.3) is 11.1 Å². The average Bonchev–Trinajstić information content (AvgIpc) is 2.87. The van der Waals surface area contributed by atoms with Crippen molar-refractivity contribution in [1.29, 1.82) is 0 Å². The van der Waals surface area contributed by atoms with Crippen molar-refractivity contribution in [2.75, 3.05) is 37.2 Å². The van der Waals surface area contributed by atoms with Gasteiger partial charge >= 0.3 is 6.09 Å². The predicted octanol–water partition coefficient (Wildman–Crippen LogP) is 4.59. The molecule has 4 N–H and O–H groups in total. The van der Waals surface area contributed by atoms with Gasteiger partial charge in [-0.25, -0.2) is 4.79 Å². The summed E-state index contributed by atoms with van der Waals surface area (Å²) in [5, 5.41) is 13.0. The number of amides is 3. The number of anilines is 2. The first-order valence-electron chi connectivity index (χ1n) is 12.4. The Morgan fingerprint density at radius 1 is 0.842 bits per heavy atom. The number of nitrogens with zero attached hydrogens (tertiary/aromatic N) is 2. The van der Waals surface area contributed by atoms with Gasteiger partial charge < -0.3 is 30.7 Å². The van der Waals surface area contributed by atoms with E-state index in [0.717, 1.165) is 5.56 Å². The number of phenolic OH excluding ortho intramolecular Hbond substituents is 1. The smallest absolute Gasteiger partial charge is 0.410 e. The summed E-state index contributed by atoms with van der Waals surface area (Å²) in [6.07, 6.45) is -0.374. The topological polar surface area (TPSA) is 125 Å². The normalized spacial score (nSPS) is 13.7. The largest absolute Gasteiger partial charge is 0.508 e. The number of benzene rings is 3. The van der Waals surface area contributed by atoms with Crippen LogP contribution in [0.15, 0.2) is 66.7 Å². The molecule has 198 valence electrons. The van der Waals surface area contributed by atoms with Crippen molar-refractivity contribution in [3.05, 3.63) is 77.9 Å². The molecule has 4 rings (SSSR count). The van der Waals surface area contributed by atoms with Crippen LogP contribution < -0.4 is 11.1 Å². The fourth-order valence-electron chi connectivity index (χ4n) is 4.14. The lowest BCUT2D eigenvalue weighted by Crippen LogP contribution is -2.51. The zero-order valence-electron chi connectivity index (χ0n) is 21.7. The molecule has 0 radical (unpaired) electrons. The summed E-state index contributed by atoms with van der Waals surface area (Å²) in [6, 6.07) is 18.4.